The van der Waals surface area contributed by atoms with Crippen LogP contribution >= 0.6 is 0 Å². The van der Waals surface area contributed by atoms with Crippen molar-refractivity contribution in [3.63, 3.8) is 0 Å². The van der Waals surface area contributed by atoms with Crippen molar-refractivity contribution in [1.82, 2.24) is 0 Å². The highest BCUT2D eigenvalue weighted by Crippen LogP contribution is 2.46. The van der Waals surface area contributed by atoms with Crippen LogP contribution in [0.15, 0.2) is 18.2 Å². The Balaban J connectivity index is 2.25. The molecule has 0 aliphatic heterocycles. The quantitative estimate of drug-likeness (QED) is 0.312. The van der Waals surface area contributed by atoms with Crippen LogP contribution in [0.1, 0.15) is 5.56 Å². The van der Waals surface area contributed by atoms with Gasteiger partial charge in [-0.15, -0.1) is 0 Å². The summed E-state index contributed by atoms with van der Waals surface area (Å²) in [7, 11) is 0. The first-order valence-corrected chi connectivity index (χ1v) is 8.45. The van der Waals surface area contributed by atoms with E-state index in [0.717, 1.165) is 0 Å². The smallest absolute Gasteiger partial charge is 0.420 e. The van der Waals surface area contributed by atoms with Gasteiger partial charge in [0.1, 0.15) is 16.9 Å². The van der Waals surface area contributed by atoms with Crippen LogP contribution in [0.3, 0.4) is 0 Å². The Bertz CT molecular complexity index is 1310. The Hall–Kier alpha value is -3.91. The molecule has 182 valence electrons. The summed E-state index contributed by atoms with van der Waals surface area (Å²) in [6.45, 7) is 0. The van der Waals surface area contributed by atoms with E-state index in [0.29, 0.717) is 0 Å². The number of alkyl halides is 3. The average Bonchev–Trinajstić information content (AvgIpc) is 2.73. The van der Waals surface area contributed by atoms with Crippen molar-refractivity contribution in [2.45, 2.75) is 6.18 Å². The summed E-state index contributed by atoms with van der Waals surface area (Å²) in [5.41, 5.74) is 4.84. The monoisotopic (exact) mass is 504 g/mol. The van der Waals surface area contributed by atoms with Gasteiger partial charge in [0.15, 0.2) is 46.5 Å². The van der Waals surface area contributed by atoms with Crippen molar-refractivity contribution >= 4 is 11.4 Å². The third-order valence-electron chi connectivity index (χ3n) is 4.17. The molecule has 0 spiro atoms. The molecular formula is C19H7F11N2O2. The topological polar surface area (TPSA) is 70.5 Å². The summed E-state index contributed by atoms with van der Waals surface area (Å²) < 4.78 is 160. The molecule has 3 aromatic carbocycles. The van der Waals surface area contributed by atoms with Crippen LogP contribution in [-0.2, 0) is 6.18 Å². The van der Waals surface area contributed by atoms with Gasteiger partial charge in [-0.25, -0.2) is 30.7 Å². The summed E-state index contributed by atoms with van der Waals surface area (Å²) in [6, 6.07) is -0.651. The first kappa shape index (κ1) is 24.7. The fraction of sp³-hybridized carbons (Fsp3) is 0.0526. The highest BCUT2D eigenvalue weighted by molar-refractivity contribution is 5.54. The summed E-state index contributed by atoms with van der Waals surface area (Å²) in [5, 5.41) is 0. The van der Waals surface area contributed by atoms with Crippen molar-refractivity contribution in [2.24, 2.45) is 0 Å². The van der Waals surface area contributed by atoms with E-state index in [1.165, 1.54) is 0 Å². The van der Waals surface area contributed by atoms with Gasteiger partial charge in [-0.3, -0.25) is 0 Å². The lowest BCUT2D eigenvalue weighted by Crippen LogP contribution is -2.12. The second-order valence-electron chi connectivity index (χ2n) is 6.37. The number of nitrogen functional groups attached to an aromatic ring is 2. The van der Waals surface area contributed by atoms with Crippen LogP contribution in [0.25, 0.3) is 0 Å². The van der Waals surface area contributed by atoms with E-state index < -0.39 is 98.7 Å². The van der Waals surface area contributed by atoms with E-state index in [9.17, 15) is 48.3 Å². The van der Waals surface area contributed by atoms with Crippen molar-refractivity contribution in [2.75, 3.05) is 11.5 Å². The first-order chi connectivity index (χ1) is 15.6. The van der Waals surface area contributed by atoms with E-state index in [4.69, 9.17) is 11.5 Å². The van der Waals surface area contributed by atoms with Crippen LogP contribution in [0, 0.1) is 46.5 Å². The number of hydrogen-bond donors (Lipinski definition) is 2. The second-order valence-corrected chi connectivity index (χ2v) is 6.37. The molecule has 0 heterocycles. The molecule has 0 saturated heterocycles. The van der Waals surface area contributed by atoms with Crippen LogP contribution < -0.4 is 20.9 Å². The largest absolute Gasteiger partial charge is 0.447 e. The number of ether oxygens (including phenoxy) is 2. The maximum Gasteiger partial charge on any atom is 0.420 e. The molecule has 0 amide bonds. The SMILES string of the molecule is Nc1c(F)cc(F)c(Oc2c(F)cc(C(F)(F)F)c(Oc3c(F)cc(F)c(N)c3F)c2F)c1F. The van der Waals surface area contributed by atoms with Crippen molar-refractivity contribution in [3.05, 3.63) is 70.3 Å². The third-order valence-corrected chi connectivity index (χ3v) is 4.17. The van der Waals surface area contributed by atoms with Gasteiger partial charge in [0, 0.05) is 12.1 Å². The van der Waals surface area contributed by atoms with E-state index in [-0.39, 0.29) is 12.1 Å². The molecule has 0 bridgehead atoms. The number of rotatable bonds is 4. The summed E-state index contributed by atoms with van der Waals surface area (Å²) >= 11 is 0. The third kappa shape index (κ3) is 4.20. The molecule has 0 aliphatic rings. The fourth-order valence-corrected chi connectivity index (χ4v) is 2.55. The maximum atomic E-state index is 14.9. The van der Waals surface area contributed by atoms with E-state index in [2.05, 4.69) is 9.47 Å². The van der Waals surface area contributed by atoms with E-state index in [1.807, 2.05) is 0 Å². The molecule has 0 aromatic heterocycles. The van der Waals surface area contributed by atoms with Crippen molar-refractivity contribution < 1.29 is 57.8 Å². The molecule has 3 aromatic rings. The number of nitrogens with two attached hydrogens (primary N) is 2. The molecule has 4 N–H and O–H groups in total. The van der Waals surface area contributed by atoms with Crippen molar-refractivity contribution in [1.29, 1.82) is 0 Å². The molecular weight excluding hydrogens is 497 g/mol. The summed E-state index contributed by atoms with van der Waals surface area (Å²) in [5.74, 6) is -23.7. The van der Waals surface area contributed by atoms with E-state index >= 15 is 0 Å². The zero-order chi connectivity index (χ0) is 25.7. The number of benzene rings is 3. The average molecular weight is 504 g/mol. The van der Waals surface area contributed by atoms with Gasteiger partial charge in [0.25, 0.3) is 0 Å². The van der Waals surface area contributed by atoms with Crippen LogP contribution in [0.2, 0.25) is 0 Å². The standard InChI is InChI=1S/C19H7F11N2O2/c20-5-2-8(23)16(10(25)13(5)31)33-15-4(19(28,29)30)1-7(22)18(12(15)27)34-17-9(24)3-6(21)14(32)11(17)26/h1-3H,31-32H2. The number of hydrogen-bond acceptors (Lipinski definition) is 4. The Labute approximate surface area is 181 Å². The zero-order valence-corrected chi connectivity index (χ0v) is 15.9. The van der Waals surface area contributed by atoms with Crippen LogP contribution in [0.5, 0.6) is 23.0 Å². The minimum Gasteiger partial charge on any atom is -0.447 e. The molecule has 0 saturated carbocycles. The Morgan fingerprint density at radius 3 is 1.26 bits per heavy atom. The minimum atomic E-state index is -5.62. The minimum absolute atomic E-state index is 0.0584. The van der Waals surface area contributed by atoms with Crippen LogP contribution in [0.4, 0.5) is 59.7 Å². The normalized spacial score (nSPS) is 11.6. The van der Waals surface area contributed by atoms with Gasteiger partial charge >= 0.3 is 6.18 Å². The van der Waals surface area contributed by atoms with Gasteiger partial charge in [0.2, 0.25) is 23.1 Å². The highest BCUT2D eigenvalue weighted by atomic mass is 19.4. The molecule has 0 fully saturated rings. The molecule has 0 unspecified atom stereocenters. The number of halogens is 11. The van der Waals surface area contributed by atoms with Gasteiger partial charge in [-0.1, -0.05) is 0 Å². The van der Waals surface area contributed by atoms with Gasteiger partial charge < -0.3 is 20.9 Å². The highest BCUT2D eigenvalue weighted by Gasteiger charge is 2.40. The zero-order valence-electron chi connectivity index (χ0n) is 15.9. The van der Waals surface area contributed by atoms with Crippen LogP contribution in [-0.4, -0.2) is 0 Å². The summed E-state index contributed by atoms with van der Waals surface area (Å²) in [4.78, 5) is 0. The van der Waals surface area contributed by atoms with Crippen molar-refractivity contribution in [3.8, 4) is 23.0 Å². The second kappa shape index (κ2) is 8.46. The Kier molecular flexibility index (Phi) is 6.15. The van der Waals surface area contributed by atoms with Gasteiger partial charge in [-0.2, -0.15) is 17.6 Å². The lowest BCUT2D eigenvalue weighted by molar-refractivity contribution is -0.139. The molecule has 3 rings (SSSR count). The van der Waals surface area contributed by atoms with Gasteiger partial charge in [0.05, 0.1) is 0 Å². The predicted octanol–water partition coefficient (Wildman–Crippen LogP) is 6.57. The molecule has 0 atom stereocenters. The van der Waals surface area contributed by atoms with Gasteiger partial charge in [-0.05, 0) is 6.07 Å². The molecule has 0 radical (unpaired) electrons. The number of anilines is 2. The molecule has 4 nitrogen and oxygen atoms in total. The summed E-state index contributed by atoms with van der Waals surface area (Å²) in [6.07, 6.45) is -5.62. The molecule has 15 heteroatoms. The maximum absolute atomic E-state index is 14.9. The molecule has 0 aliphatic carbocycles. The van der Waals surface area contributed by atoms with E-state index in [1.54, 1.807) is 0 Å². The fourth-order valence-electron chi connectivity index (χ4n) is 2.55. The Morgan fingerprint density at radius 2 is 0.853 bits per heavy atom. The lowest BCUT2D eigenvalue weighted by Gasteiger charge is -2.19. The predicted molar refractivity (Wildman–Crippen MR) is 93.0 cm³/mol. The lowest BCUT2D eigenvalue weighted by atomic mass is 10.1. The molecule has 34 heavy (non-hydrogen) atoms. The first-order valence-electron chi connectivity index (χ1n) is 8.45. The Morgan fingerprint density at radius 1 is 0.500 bits per heavy atom.